The molecule has 8 heteroatoms. The molecule has 174 valence electrons. The third kappa shape index (κ3) is 3.46. The van der Waals surface area contributed by atoms with E-state index in [1.807, 2.05) is 40.9 Å². The molecule has 1 fully saturated rings. The normalized spacial score (nSPS) is 18.1. The van der Waals surface area contributed by atoms with Crippen molar-refractivity contribution < 1.29 is 5.11 Å². The lowest BCUT2D eigenvalue weighted by Crippen LogP contribution is -2.60. The van der Waals surface area contributed by atoms with Gasteiger partial charge in [-0.15, -0.1) is 0 Å². The molecule has 4 N–H and O–H groups in total. The van der Waals surface area contributed by atoms with E-state index >= 15 is 0 Å². The van der Waals surface area contributed by atoms with Gasteiger partial charge in [0.25, 0.3) is 0 Å². The molecule has 0 unspecified atom stereocenters. The summed E-state index contributed by atoms with van der Waals surface area (Å²) in [7, 11) is 0. The molecular weight excluding hydrogens is 426 g/mol. The van der Waals surface area contributed by atoms with Crippen LogP contribution in [0, 0.1) is 0 Å². The van der Waals surface area contributed by atoms with Gasteiger partial charge < -0.3 is 24.7 Å². The summed E-state index contributed by atoms with van der Waals surface area (Å²) < 4.78 is 1.98. The Kier molecular flexibility index (Phi) is 4.43. The second-order valence-electron chi connectivity index (χ2n) is 10.4. The van der Waals surface area contributed by atoms with Crippen molar-refractivity contribution in [3.05, 3.63) is 66.6 Å². The Morgan fingerprint density at radius 3 is 2.53 bits per heavy atom. The van der Waals surface area contributed by atoms with Gasteiger partial charge in [0.1, 0.15) is 0 Å². The lowest BCUT2D eigenvalue weighted by Gasteiger charge is -2.45. The van der Waals surface area contributed by atoms with E-state index in [1.54, 1.807) is 6.20 Å². The van der Waals surface area contributed by atoms with Crippen LogP contribution in [0.1, 0.15) is 26.3 Å². The lowest BCUT2D eigenvalue weighted by molar-refractivity contribution is 0.0310. The standard InChI is InChI=1S/C26H29N7O/c1-25(2)14-33(27)22-12-17(4-9-20(22)25)21-13-31-11-10-28-24(31)23(30-21)29-18-5-7-19(8-6-18)32-15-26(3,34)16-32/h4-13,34H,14-16,27H2,1-3H3,(H,29,30). The Hall–Kier alpha value is -3.62. The first-order valence-electron chi connectivity index (χ1n) is 11.5. The first-order chi connectivity index (χ1) is 16.2. The molecule has 0 saturated carbocycles. The molecular formula is C26H29N7O. The largest absolute Gasteiger partial charge is 0.386 e. The van der Waals surface area contributed by atoms with Gasteiger partial charge in [0.15, 0.2) is 11.5 Å². The lowest BCUT2D eigenvalue weighted by atomic mass is 9.86. The highest BCUT2D eigenvalue weighted by Gasteiger charge is 2.36. The molecule has 1 saturated heterocycles. The fourth-order valence-electron chi connectivity index (χ4n) is 5.10. The molecule has 34 heavy (non-hydrogen) atoms. The number of anilines is 4. The summed E-state index contributed by atoms with van der Waals surface area (Å²) in [5.41, 5.74) is 6.35. The molecule has 0 atom stereocenters. The maximum Gasteiger partial charge on any atom is 0.180 e. The number of hydrogen-bond donors (Lipinski definition) is 3. The predicted octanol–water partition coefficient (Wildman–Crippen LogP) is 3.68. The SMILES string of the molecule is CC1(O)CN(c2ccc(Nc3nc(-c4ccc5c(c4)N(N)CC5(C)C)cn4ccnc34)cc2)C1. The second-order valence-corrected chi connectivity index (χ2v) is 10.4. The number of aromatic nitrogens is 3. The van der Waals surface area contributed by atoms with Crippen molar-refractivity contribution in [3.63, 3.8) is 0 Å². The molecule has 8 nitrogen and oxygen atoms in total. The summed E-state index contributed by atoms with van der Waals surface area (Å²) in [6.07, 6.45) is 5.70. The minimum absolute atomic E-state index is 0.0229. The van der Waals surface area contributed by atoms with E-state index in [0.717, 1.165) is 40.5 Å². The molecule has 2 aromatic heterocycles. The van der Waals surface area contributed by atoms with Crippen LogP contribution in [0.2, 0.25) is 0 Å². The zero-order valence-electron chi connectivity index (χ0n) is 19.7. The molecule has 0 radical (unpaired) electrons. The maximum atomic E-state index is 10.0. The molecule has 0 aliphatic carbocycles. The van der Waals surface area contributed by atoms with Gasteiger partial charge in [-0.25, -0.2) is 15.8 Å². The van der Waals surface area contributed by atoms with E-state index in [4.69, 9.17) is 10.8 Å². The Bertz CT molecular complexity index is 1380. The van der Waals surface area contributed by atoms with E-state index in [-0.39, 0.29) is 5.41 Å². The van der Waals surface area contributed by atoms with Crippen LogP contribution in [0.5, 0.6) is 0 Å². The van der Waals surface area contributed by atoms with Crippen molar-refractivity contribution in [1.82, 2.24) is 14.4 Å². The first kappa shape index (κ1) is 20.9. The first-order valence-corrected chi connectivity index (χ1v) is 11.5. The van der Waals surface area contributed by atoms with Crippen molar-refractivity contribution in [1.29, 1.82) is 0 Å². The molecule has 2 aliphatic heterocycles. The average molecular weight is 456 g/mol. The van der Waals surface area contributed by atoms with Crippen LogP contribution in [-0.4, -0.2) is 44.7 Å². The fourth-order valence-corrected chi connectivity index (χ4v) is 5.10. The summed E-state index contributed by atoms with van der Waals surface area (Å²) in [6.45, 7) is 8.38. The van der Waals surface area contributed by atoms with Gasteiger partial charge in [-0.3, -0.25) is 0 Å². The molecule has 4 aromatic rings. The Morgan fingerprint density at radius 2 is 1.79 bits per heavy atom. The Labute approximate surface area is 198 Å². The molecule has 2 aliphatic rings. The number of fused-ring (bicyclic) bond motifs is 2. The summed E-state index contributed by atoms with van der Waals surface area (Å²) in [5, 5.41) is 15.3. The van der Waals surface area contributed by atoms with Gasteiger partial charge in [-0.05, 0) is 42.8 Å². The number of benzene rings is 2. The average Bonchev–Trinajstić information content (AvgIpc) is 3.34. The summed E-state index contributed by atoms with van der Waals surface area (Å²) >= 11 is 0. The summed E-state index contributed by atoms with van der Waals surface area (Å²) in [5.74, 6) is 6.99. The number of hydrazine groups is 1. The number of aliphatic hydroxyl groups is 1. The quantitative estimate of drug-likeness (QED) is 0.404. The van der Waals surface area contributed by atoms with Crippen molar-refractivity contribution >= 4 is 28.5 Å². The predicted molar refractivity (Wildman–Crippen MR) is 136 cm³/mol. The molecule has 0 amide bonds. The topological polar surface area (TPSA) is 95.0 Å². The highest BCUT2D eigenvalue weighted by atomic mass is 16.3. The number of nitrogens with one attached hydrogen (secondary N) is 1. The monoisotopic (exact) mass is 455 g/mol. The summed E-state index contributed by atoms with van der Waals surface area (Å²) in [6, 6.07) is 14.6. The number of hydrogen-bond acceptors (Lipinski definition) is 7. The molecule has 6 rings (SSSR count). The van der Waals surface area contributed by atoms with Gasteiger partial charge >= 0.3 is 0 Å². The minimum Gasteiger partial charge on any atom is -0.386 e. The van der Waals surface area contributed by atoms with Crippen LogP contribution in [0.4, 0.5) is 22.9 Å². The Morgan fingerprint density at radius 1 is 1.03 bits per heavy atom. The molecule has 0 spiro atoms. The highest BCUT2D eigenvalue weighted by molar-refractivity contribution is 5.77. The zero-order valence-corrected chi connectivity index (χ0v) is 19.7. The number of nitrogens with zero attached hydrogens (tertiary/aromatic N) is 5. The Balaban J connectivity index is 1.32. The number of imidazole rings is 1. The highest BCUT2D eigenvalue weighted by Crippen LogP contribution is 2.41. The van der Waals surface area contributed by atoms with E-state index < -0.39 is 5.60 Å². The minimum atomic E-state index is -0.595. The molecule has 4 heterocycles. The maximum absolute atomic E-state index is 10.0. The van der Waals surface area contributed by atoms with Crippen LogP contribution in [0.25, 0.3) is 16.9 Å². The van der Waals surface area contributed by atoms with Crippen LogP contribution in [0.3, 0.4) is 0 Å². The van der Waals surface area contributed by atoms with Gasteiger partial charge in [-0.1, -0.05) is 26.0 Å². The van der Waals surface area contributed by atoms with E-state index in [9.17, 15) is 5.11 Å². The smallest absolute Gasteiger partial charge is 0.180 e. The summed E-state index contributed by atoms with van der Waals surface area (Å²) in [4.78, 5) is 11.6. The third-order valence-corrected chi connectivity index (χ3v) is 6.83. The van der Waals surface area contributed by atoms with Crippen molar-refractivity contribution in [2.75, 3.05) is 34.9 Å². The second kappa shape index (κ2) is 7.19. The van der Waals surface area contributed by atoms with Crippen LogP contribution < -0.4 is 21.1 Å². The van der Waals surface area contributed by atoms with E-state index in [1.165, 1.54) is 5.56 Å². The van der Waals surface area contributed by atoms with Gasteiger partial charge in [0.05, 0.1) is 17.0 Å². The van der Waals surface area contributed by atoms with E-state index in [0.29, 0.717) is 18.9 Å². The van der Waals surface area contributed by atoms with Crippen molar-refractivity contribution in [2.24, 2.45) is 5.84 Å². The number of β-amino-alcohol motifs (C(OH)–C–C–N with tert-alkyl or cyclic N) is 1. The van der Waals surface area contributed by atoms with Gasteiger partial charge in [0, 0.05) is 60.6 Å². The number of nitrogens with two attached hydrogens (primary N) is 1. The van der Waals surface area contributed by atoms with Crippen molar-refractivity contribution in [2.45, 2.75) is 31.8 Å². The zero-order chi connectivity index (χ0) is 23.7. The van der Waals surface area contributed by atoms with Gasteiger partial charge in [0.2, 0.25) is 0 Å². The molecule has 2 aromatic carbocycles. The third-order valence-electron chi connectivity index (χ3n) is 6.83. The fraction of sp³-hybridized carbons (Fsp3) is 0.308. The molecule has 0 bridgehead atoms. The van der Waals surface area contributed by atoms with Crippen molar-refractivity contribution in [3.8, 4) is 11.3 Å². The van der Waals surface area contributed by atoms with Crippen LogP contribution in [0.15, 0.2) is 61.1 Å². The van der Waals surface area contributed by atoms with Crippen LogP contribution >= 0.6 is 0 Å². The van der Waals surface area contributed by atoms with Crippen LogP contribution in [-0.2, 0) is 5.41 Å². The number of rotatable bonds is 4. The van der Waals surface area contributed by atoms with E-state index in [2.05, 4.69) is 59.4 Å². The van der Waals surface area contributed by atoms with Gasteiger partial charge in [-0.2, -0.15) is 0 Å².